The molecule has 0 fully saturated rings. The highest BCUT2D eigenvalue weighted by Gasteiger charge is 2.15. The summed E-state index contributed by atoms with van der Waals surface area (Å²) in [4.78, 5) is 8.90. The average molecular weight is 454 g/mol. The highest BCUT2D eigenvalue weighted by Crippen LogP contribution is 2.34. The Labute approximate surface area is 189 Å². The van der Waals surface area contributed by atoms with Crippen LogP contribution in [0.3, 0.4) is 0 Å². The monoisotopic (exact) mass is 453 g/mol. The summed E-state index contributed by atoms with van der Waals surface area (Å²) in [5.74, 6) is 3.00. The third-order valence-electron chi connectivity index (χ3n) is 4.63. The van der Waals surface area contributed by atoms with Crippen LogP contribution in [-0.4, -0.2) is 39.0 Å². The van der Waals surface area contributed by atoms with E-state index < -0.39 is 0 Å². The number of thiazole rings is 1. The zero-order chi connectivity index (χ0) is 21.6. The summed E-state index contributed by atoms with van der Waals surface area (Å²) in [7, 11) is 3.27. The number of hydrogen-bond donors (Lipinski definition) is 0. The molecule has 9 heteroatoms. The molecule has 3 heterocycles. The van der Waals surface area contributed by atoms with E-state index in [-0.39, 0.29) is 0 Å². The average Bonchev–Trinajstić information content (AvgIpc) is 3.45. The van der Waals surface area contributed by atoms with Crippen LogP contribution in [0.25, 0.3) is 22.0 Å². The van der Waals surface area contributed by atoms with Gasteiger partial charge in [0.1, 0.15) is 5.01 Å². The maximum Gasteiger partial charge on any atom is 0.191 e. The summed E-state index contributed by atoms with van der Waals surface area (Å²) >= 11 is 3.27. The van der Waals surface area contributed by atoms with E-state index in [1.165, 1.54) is 0 Å². The standard InChI is InChI=1S/C22H23N5O2S2/c1-4-11-27-20(15-7-9-23-10-8-15)25-26-22(27)31-14-17-13-30-21(24-17)16-5-6-18(28-2)19(12-16)29-3/h5-10,12-13H,4,11,14H2,1-3H3. The zero-order valence-electron chi connectivity index (χ0n) is 17.6. The highest BCUT2D eigenvalue weighted by molar-refractivity contribution is 7.98. The fourth-order valence-corrected chi connectivity index (χ4v) is 4.93. The molecule has 4 rings (SSSR count). The second kappa shape index (κ2) is 9.93. The van der Waals surface area contributed by atoms with Crippen LogP contribution in [0.4, 0.5) is 0 Å². The minimum atomic E-state index is 0.697. The van der Waals surface area contributed by atoms with Gasteiger partial charge in [0.25, 0.3) is 0 Å². The summed E-state index contributed by atoms with van der Waals surface area (Å²) in [5.41, 5.74) is 3.04. The number of nitrogens with zero attached hydrogens (tertiary/aromatic N) is 5. The summed E-state index contributed by atoms with van der Waals surface area (Å²) in [6, 6.07) is 9.77. The Morgan fingerprint density at radius 3 is 2.55 bits per heavy atom. The van der Waals surface area contributed by atoms with Crippen LogP contribution < -0.4 is 9.47 Å². The van der Waals surface area contributed by atoms with E-state index in [2.05, 4.69) is 32.1 Å². The minimum Gasteiger partial charge on any atom is -0.493 e. The predicted molar refractivity (Wildman–Crippen MR) is 124 cm³/mol. The fraction of sp³-hybridized carbons (Fsp3) is 0.273. The molecule has 0 unspecified atom stereocenters. The van der Waals surface area contributed by atoms with Crippen LogP contribution in [-0.2, 0) is 12.3 Å². The Morgan fingerprint density at radius 1 is 1.00 bits per heavy atom. The van der Waals surface area contributed by atoms with Crippen molar-refractivity contribution in [1.29, 1.82) is 0 Å². The number of pyridine rings is 1. The maximum absolute atomic E-state index is 5.41. The zero-order valence-corrected chi connectivity index (χ0v) is 19.2. The van der Waals surface area contributed by atoms with Crippen molar-refractivity contribution in [3.05, 3.63) is 53.8 Å². The normalized spacial score (nSPS) is 10.9. The van der Waals surface area contributed by atoms with Crippen molar-refractivity contribution in [1.82, 2.24) is 24.7 Å². The van der Waals surface area contributed by atoms with Gasteiger partial charge in [0.2, 0.25) is 0 Å². The van der Waals surface area contributed by atoms with Crippen molar-refractivity contribution in [3.8, 4) is 33.5 Å². The molecule has 0 atom stereocenters. The minimum absolute atomic E-state index is 0.697. The Balaban J connectivity index is 1.51. The molecule has 0 radical (unpaired) electrons. The van der Waals surface area contributed by atoms with Crippen LogP contribution >= 0.6 is 23.1 Å². The number of thioether (sulfide) groups is 1. The number of benzene rings is 1. The van der Waals surface area contributed by atoms with E-state index in [1.807, 2.05) is 30.3 Å². The number of rotatable bonds is 9. The van der Waals surface area contributed by atoms with Crippen molar-refractivity contribution >= 4 is 23.1 Å². The summed E-state index contributed by atoms with van der Waals surface area (Å²) < 4.78 is 12.9. The molecule has 0 amide bonds. The van der Waals surface area contributed by atoms with Gasteiger partial charge in [-0.3, -0.25) is 4.98 Å². The van der Waals surface area contributed by atoms with Crippen LogP contribution in [0.5, 0.6) is 11.5 Å². The first kappa shape index (κ1) is 21.3. The lowest BCUT2D eigenvalue weighted by Crippen LogP contribution is -2.02. The Morgan fingerprint density at radius 2 is 1.81 bits per heavy atom. The van der Waals surface area contributed by atoms with Gasteiger partial charge in [0, 0.05) is 41.2 Å². The van der Waals surface area contributed by atoms with Gasteiger partial charge in [-0.25, -0.2) is 4.98 Å². The molecular weight excluding hydrogens is 430 g/mol. The van der Waals surface area contributed by atoms with Crippen molar-refractivity contribution in [2.24, 2.45) is 0 Å². The molecule has 0 bridgehead atoms. The number of methoxy groups -OCH3 is 2. The maximum atomic E-state index is 5.41. The molecule has 160 valence electrons. The van der Waals surface area contributed by atoms with Gasteiger partial charge in [-0.1, -0.05) is 18.7 Å². The molecule has 0 saturated carbocycles. The van der Waals surface area contributed by atoms with E-state index in [0.29, 0.717) is 11.5 Å². The van der Waals surface area contributed by atoms with Gasteiger partial charge < -0.3 is 14.0 Å². The van der Waals surface area contributed by atoms with E-state index in [0.717, 1.165) is 51.5 Å². The fourth-order valence-electron chi connectivity index (χ4n) is 3.15. The second-order valence-corrected chi connectivity index (χ2v) is 8.50. The van der Waals surface area contributed by atoms with Gasteiger partial charge in [0.15, 0.2) is 22.5 Å². The lowest BCUT2D eigenvalue weighted by Gasteiger charge is -2.08. The first-order valence-electron chi connectivity index (χ1n) is 9.86. The van der Waals surface area contributed by atoms with Crippen LogP contribution in [0, 0.1) is 0 Å². The SMILES string of the molecule is CCCn1c(SCc2csc(-c3ccc(OC)c(OC)c3)n2)nnc1-c1ccncc1. The van der Waals surface area contributed by atoms with Crippen molar-refractivity contribution in [3.63, 3.8) is 0 Å². The third-order valence-corrected chi connectivity index (χ3v) is 6.57. The third kappa shape index (κ3) is 4.72. The second-order valence-electron chi connectivity index (χ2n) is 6.70. The molecule has 7 nitrogen and oxygen atoms in total. The van der Waals surface area contributed by atoms with E-state index in [1.54, 1.807) is 49.7 Å². The van der Waals surface area contributed by atoms with Crippen molar-refractivity contribution in [2.75, 3.05) is 14.2 Å². The predicted octanol–water partition coefficient (Wildman–Crippen LogP) is 5.18. The lowest BCUT2D eigenvalue weighted by atomic mass is 10.2. The van der Waals surface area contributed by atoms with E-state index >= 15 is 0 Å². The molecule has 0 saturated heterocycles. The molecule has 0 spiro atoms. The molecule has 1 aromatic carbocycles. The molecular formula is C22H23N5O2S2. The van der Waals surface area contributed by atoms with E-state index in [4.69, 9.17) is 14.5 Å². The number of hydrogen-bond acceptors (Lipinski definition) is 8. The molecule has 4 aromatic rings. The van der Waals surface area contributed by atoms with Crippen molar-refractivity contribution < 1.29 is 9.47 Å². The Bertz CT molecular complexity index is 1140. The molecule has 0 N–H and O–H groups in total. The molecule has 3 aromatic heterocycles. The lowest BCUT2D eigenvalue weighted by molar-refractivity contribution is 0.355. The summed E-state index contributed by atoms with van der Waals surface area (Å²) in [5, 5.41) is 12.8. The largest absolute Gasteiger partial charge is 0.493 e. The van der Waals surface area contributed by atoms with Crippen molar-refractivity contribution in [2.45, 2.75) is 30.8 Å². The quantitative estimate of drug-likeness (QED) is 0.323. The molecule has 0 aliphatic heterocycles. The molecule has 0 aliphatic rings. The molecule has 31 heavy (non-hydrogen) atoms. The van der Waals surface area contributed by atoms with Crippen LogP contribution in [0.1, 0.15) is 19.0 Å². The Hall–Kier alpha value is -2.91. The summed E-state index contributed by atoms with van der Waals surface area (Å²) in [6.07, 6.45) is 4.56. The molecule has 0 aliphatic carbocycles. The first-order chi connectivity index (χ1) is 15.2. The van der Waals surface area contributed by atoms with Crippen LogP contribution in [0.2, 0.25) is 0 Å². The topological polar surface area (TPSA) is 75.0 Å². The van der Waals surface area contributed by atoms with Gasteiger partial charge in [-0.2, -0.15) is 0 Å². The van der Waals surface area contributed by atoms with Gasteiger partial charge in [0.05, 0.1) is 19.9 Å². The van der Waals surface area contributed by atoms with Gasteiger partial charge in [-0.05, 0) is 36.8 Å². The summed E-state index contributed by atoms with van der Waals surface area (Å²) in [6.45, 7) is 3.02. The van der Waals surface area contributed by atoms with Gasteiger partial charge >= 0.3 is 0 Å². The van der Waals surface area contributed by atoms with E-state index in [9.17, 15) is 0 Å². The number of aromatic nitrogens is 5. The Kier molecular flexibility index (Phi) is 6.83. The smallest absolute Gasteiger partial charge is 0.191 e. The van der Waals surface area contributed by atoms with Crippen LogP contribution in [0.15, 0.2) is 53.3 Å². The highest BCUT2D eigenvalue weighted by atomic mass is 32.2. The number of ether oxygens (including phenoxy) is 2. The van der Waals surface area contributed by atoms with Gasteiger partial charge in [-0.15, -0.1) is 21.5 Å². The first-order valence-corrected chi connectivity index (χ1v) is 11.7.